The van der Waals surface area contributed by atoms with E-state index in [2.05, 4.69) is 25.9 Å². The van der Waals surface area contributed by atoms with Gasteiger partial charge in [-0.15, -0.1) is 5.10 Å². The monoisotopic (exact) mass is 391 g/mol. The number of nitrogens with one attached hydrogen (secondary N) is 2. The van der Waals surface area contributed by atoms with Gasteiger partial charge in [-0.25, -0.2) is 5.10 Å². The van der Waals surface area contributed by atoms with E-state index < -0.39 is 5.92 Å². The predicted molar refractivity (Wildman–Crippen MR) is 102 cm³/mol. The minimum atomic E-state index is -0.625. The van der Waals surface area contributed by atoms with Gasteiger partial charge in [0, 0.05) is 10.6 Å². The standard InChI is InChI=1S/C18H22ClN5O3/c1-10(2)7-14(16(11(3)4)27-9-25)18(26)20-15-8-12(19)5-6-13(15)17-21-23-24-22-17/h5-6,8-10,14H,7H2,1-4H3,(H,20,26)(H,21,22,23,24). The van der Waals surface area contributed by atoms with Crippen LogP contribution in [0.3, 0.4) is 0 Å². The molecule has 0 aliphatic rings. The molecule has 0 fully saturated rings. The lowest BCUT2D eigenvalue weighted by atomic mass is 9.92. The minimum absolute atomic E-state index is 0.211. The lowest BCUT2D eigenvalue weighted by Crippen LogP contribution is -2.27. The molecule has 2 N–H and O–H groups in total. The van der Waals surface area contributed by atoms with Gasteiger partial charge >= 0.3 is 0 Å². The van der Waals surface area contributed by atoms with E-state index in [-0.39, 0.29) is 11.8 Å². The Bertz CT molecular complexity index is 830. The van der Waals surface area contributed by atoms with Crippen molar-refractivity contribution in [3.05, 3.63) is 34.6 Å². The molecule has 0 bridgehead atoms. The van der Waals surface area contributed by atoms with Crippen LogP contribution in [0.2, 0.25) is 5.02 Å². The summed E-state index contributed by atoms with van der Waals surface area (Å²) in [6.45, 7) is 7.92. The van der Waals surface area contributed by atoms with Gasteiger partial charge in [0.15, 0.2) is 5.82 Å². The number of aromatic nitrogens is 4. The summed E-state index contributed by atoms with van der Waals surface area (Å²) in [5, 5.41) is 17.0. The van der Waals surface area contributed by atoms with Crippen LogP contribution >= 0.6 is 11.6 Å². The van der Waals surface area contributed by atoms with Crippen LogP contribution in [0.1, 0.15) is 34.1 Å². The van der Waals surface area contributed by atoms with E-state index in [1.165, 1.54) is 0 Å². The molecule has 2 rings (SSSR count). The molecule has 0 radical (unpaired) electrons. The third-order valence-electron chi connectivity index (χ3n) is 3.85. The molecule has 0 saturated heterocycles. The van der Waals surface area contributed by atoms with Gasteiger partial charge in [-0.05, 0) is 60.4 Å². The number of allylic oxidation sites excluding steroid dienone is 1. The van der Waals surface area contributed by atoms with Crippen LogP contribution in [0.15, 0.2) is 29.5 Å². The van der Waals surface area contributed by atoms with Gasteiger partial charge in [0.05, 0.1) is 11.6 Å². The van der Waals surface area contributed by atoms with E-state index in [0.29, 0.717) is 40.8 Å². The Labute approximate surface area is 162 Å². The van der Waals surface area contributed by atoms with E-state index in [4.69, 9.17) is 16.3 Å². The fraction of sp³-hybridized carbons (Fsp3) is 0.389. The number of benzene rings is 1. The normalized spacial score (nSPS) is 11.8. The predicted octanol–water partition coefficient (Wildman–Crippen LogP) is 3.59. The molecular formula is C18H22ClN5O3. The third kappa shape index (κ3) is 5.37. The first-order valence-corrected chi connectivity index (χ1v) is 8.83. The smallest absolute Gasteiger partial charge is 0.298 e. The van der Waals surface area contributed by atoms with E-state index in [1.807, 2.05) is 13.8 Å². The molecule has 1 aromatic heterocycles. The largest absolute Gasteiger partial charge is 0.433 e. The maximum Gasteiger partial charge on any atom is 0.298 e. The number of hydrogen-bond acceptors (Lipinski definition) is 6. The number of nitrogens with zero attached hydrogens (tertiary/aromatic N) is 3. The number of anilines is 1. The van der Waals surface area contributed by atoms with Crippen molar-refractivity contribution >= 4 is 29.7 Å². The topological polar surface area (TPSA) is 110 Å². The van der Waals surface area contributed by atoms with Gasteiger partial charge in [-0.2, -0.15) is 0 Å². The average molecular weight is 392 g/mol. The van der Waals surface area contributed by atoms with Crippen molar-refractivity contribution in [2.45, 2.75) is 34.1 Å². The molecule has 0 saturated carbocycles. The SMILES string of the molecule is CC(C)=C(OC=O)C(CC(C)C)C(=O)Nc1cc(Cl)ccc1-c1nnn[nH]1. The van der Waals surface area contributed by atoms with Gasteiger partial charge in [-0.1, -0.05) is 25.4 Å². The molecule has 1 atom stereocenters. The Morgan fingerprint density at radius 2 is 2.11 bits per heavy atom. The Balaban J connectivity index is 2.39. The van der Waals surface area contributed by atoms with Crippen LogP contribution in [-0.2, 0) is 14.3 Å². The average Bonchev–Trinajstić information content (AvgIpc) is 3.12. The van der Waals surface area contributed by atoms with Crippen LogP contribution in [0.4, 0.5) is 5.69 Å². The first-order valence-electron chi connectivity index (χ1n) is 8.45. The number of halogens is 1. The zero-order valence-corrected chi connectivity index (χ0v) is 16.4. The number of rotatable bonds is 8. The molecular weight excluding hydrogens is 370 g/mol. The van der Waals surface area contributed by atoms with Gasteiger partial charge in [0.25, 0.3) is 6.47 Å². The zero-order valence-electron chi connectivity index (χ0n) is 15.6. The molecule has 1 heterocycles. The van der Waals surface area contributed by atoms with E-state index in [1.54, 1.807) is 32.0 Å². The quantitative estimate of drug-likeness (QED) is 0.525. The molecule has 0 spiro atoms. The second-order valence-electron chi connectivity index (χ2n) is 6.69. The molecule has 0 aliphatic heterocycles. The van der Waals surface area contributed by atoms with Gasteiger partial charge in [0.2, 0.25) is 5.91 Å². The number of carbonyl (C=O) groups is 2. The van der Waals surface area contributed by atoms with Crippen molar-refractivity contribution in [2.75, 3.05) is 5.32 Å². The lowest BCUT2D eigenvalue weighted by Gasteiger charge is -2.22. The van der Waals surface area contributed by atoms with Crippen LogP contribution in [0, 0.1) is 11.8 Å². The number of ether oxygens (including phenoxy) is 1. The van der Waals surface area contributed by atoms with Crippen molar-refractivity contribution in [3.63, 3.8) is 0 Å². The van der Waals surface area contributed by atoms with Crippen molar-refractivity contribution < 1.29 is 14.3 Å². The molecule has 9 heteroatoms. The molecule has 8 nitrogen and oxygen atoms in total. The minimum Gasteiger partial charge on any atom is -0.433 e. The fourth-order valence-electron chi connectivity index (χ4n) is 2.72. The van der Waals surface area contributed by atoms with Crippen molar-refractivity contribution in [1.82, 2.24) is 20.6 Å². The maximum atomic E-state index is 13.1. The Morgan fingerprint density at radius 3 is 2.67 bits per heavy atom. The van der Waals surface area contributed by atoms with Crippen molar-refractivity contribution in [1.29, 1.82) is 0 Å². The van der Waals surface area contributed by atoms with Gasteiger partial charge in [-0.3, -0.25) is 9.59 Å². The molecule has 1 aromatic carbocycles. The second-order valence-corrected chi connectivity index (χ2v) is 7.13. The lowest BCUT2D eigenvalue weighted by molar-refractivity contribution is -0.128. The van der Waals surface area contributed by atoms with Gasteiger partial charge < -0.3 is 10.1 Å². The summed E-state index contributed by atoms with van der Waals surface area (Å²) in [6, 6.07) is 5.01. The summed E-state index contributed by atoms with van der Waals surface area (Å²) in [5.74, 6) is 0.0235. The second kappa shape index (κ2) is 9.27. The van der Waals surface area contributed by atoms with E-state index in [9.17, 15) is 9.59 Å². The molecule has 1 unspecified atom stereocenters. The summed E-state index contributed by atoms with van der Waals surface area (Å²) in [6.07, 6.45) is 0.514. The molecule has 1 amide bonds. The van der Waals surface area contributed by atoms with Crippen molar-refractivity contribution in [3.8, 4) is 11.4 Å². The fourth-order valence-corrected chi connectivity index (χ4v) is 2.90. The molecule has 27 heavy (non-hydrogen) atoms. The van der Waals surface area contributed by atoms with Crippen LogP contribution < -0.4 is 5.32 Å². The number of aromatic amines is 1. The summed E-state index contributed by atoms with van der Waals surface area (Å²) in [4.78, 5) is 24.0. The zero-order chi connectivity index (χ0) is 20.0. The highest BCUT2D eigenvalue weighted by Crippen LogP contribution is 2.30. The number of H-pyrrole nitrogens is 1. The molecule has 0 aliphatic carbocycles. The summed E-state index contributed by atoms with van der Waals surface area (Å²) in [5.41, 5.74) is 1.81. The maximum absolute atomic E-state index is 13.1. The molecule has 144 valence electrons. The highest BCUT2D eigenvalue weighted by atomic mass is 35.5. The van der Waals surface area contributed by atoms with Crippen molar-refractivity contribution in [2.24, 2.45) is 11.8 Å². The van der Waals surface area contributed by atoms with Crippen LogP contribution in [0.25, 0.3) is 11.4 Å². The first kappa shape index (κ1) is 20.6. The van der Waals surface area contributed by atoms with Gasteiger partial charge in [0.1, 0.15) is 5.76 Å². The number of hydrogen-bond donors (Lipinski definition) is 2. The summed E-state index contributed by atoms with van der Waals surface area (Å²) < 4.78 is 5.13. The first-order chi connectivity index (χ1) is 12.8. The Morgan fingerprint density at radius 1 is 1.37 bits per heavy atom. The number of amides is 1. The highest BCUT2D eigenvalue weighted by Gasteiger charge is 2.27. The van der Waals surface area contributed by atoms with Crippen LogP contribution in [0.5, 0.6) is 0 Å². The number of tetrazole rings is 1. The van der Waals surface area contributed by atoms with E-state index in [0.717, 1.165) is 5.57 Å². The van der Waals surface area contributed by atoms with Crippen LogP contribution in [-0.4, -0.2) is 33.0 Å². The summed E-state index contributed by atoms with van der Waals surface area (Å²) in [7, 11) is 0. The summed E-state index contributed by atoms with van der Waals surface area (Å²) >= 11 is 6.09. The Kier molecular flexibility index (Phi) is 7.06. The molecule has 2 aromatic rings. The number of carbonyl (C=O) groups excluding carboxylic acids is 2. The third-order valence-corrected chi connectivity index (χ3v) is 4.08. The van der Waals surface area contributed by atoms with E-state index >= 15 is 0 Å². The highest BCUT2D eigenvalue weighted by molar-refractivity contribution is 6.31. The Hall–Kier alpha value is -2.74.